The Bertz CT molecular complexity index is 1010. The van der Waals surface area contributed by atoms with Crippen molar-refractivity contribution < 1.29 is 0 Å². The van der Waals surface area contributed by atoms with Gasteiger partial charge in [0, 0.05) is 45.0 Å². The standard InChI is InChI=1S/C19H23N7O/c1-13-11-17(24-19(20-2)21-13)26-9-7-25(8-10-26)12-16-22-15-6-4-3-5-14(15)18(27)23-16/h3-6,11H,7-10,12H2,1-2H3,(H,20,21,24)(H,22,23,27). The fraction of sp³-hybridized carbons (Fsp3) is 0.368. The van der Waals surface area contributed by atoms with Gasteiger partial charge >= 0.3 is 0 Å². The van der Waals surface area contributed by atoms with Gasteiger partial charge in [0.15, 0.2) is 0 Å². The number of nitrogens with one attached hydrogen (secondary N) is 2. The molecule has 0 atom stereocenters. The van der Waals surface area contributed by atoms with E-state index in [4.69, 9.17) is 0 Å². The summed E-state index contributed by atoms with van der Waals surface area (Å²) in [5.74, 6) is 2.30. The monoisotopic (exact) mass is 365 g/mol. The van der Waals surface area contributed by atoms with Crippen LogP contribution in [-0.4, -0.2) is 58.1 Å². The van der Waals surface area contributed by atoms with E-state index in [0.717, 1.165) is 43.2 Å². The van der Waals surface area contributed by atoms with E-state index in [1.807, 2.05) is 38.2 Å². The van der Waals surface area contributed by atoms with Crippen LogP contribution in [0.2, 0.25) is 0 Å². The molecule has 27 heavy (non-hydrogen) atoms. The Morgan fingerprint density at radius 1 is 1.11 bits per heavy atom. The highest BCUT2D eigenvalue weighted by atomic mass is 16.1. The number of nitrogens with zero attached hydrogens (tertiary/aromatic N) is 5. The first kappa shape index (κ1) is 17.4. The molecule has 1 fully saturated rings. The van der Waals surface area contributed by atoms with E-state index in [-0.39, 0.29) is 5.56 Å². The van der Waals surface area contributed by atoms with Crippen molar-refractivity contribution in [1.29, 1.82) is 0 Å². The molecule has 1 aromatic carbocycles. The third-order valence-corrected chi connectivity index (χ3v) is 4.80. The molecular formula is C19H23N7O. The van der Waals surface area contributed by atoms with E-state index in [2.05, 4.69) is 35.1 Å². The number of aromatic nitrogens is 4. The van der Waals surface area contributed by atoms with Crippen molar-refractivity contribution in [3.8, 4) is 0 Å². The molecule has 1 aliphatic heterocycles. The average molecular weight is 365 g/mol. The maximum absolute atomic E-state index is 12.2. The zero-order chi connectivity index (χ0) is 18.8. The van der Waals surface area contributed by atoms with E-state index in [1.54, 1.807) is 6.07 Å². The number of fused-ring (bicyclic) bond motifs is 1. The van der Waals surface area contributed by atoms with Crippen LogP contribution in [0.5, 0.6) is 0 Å². The van der Waals surface area contributed by atoms with Crippen LogP contribution < -0.4 is 15.8 Å². The van der Waals surface area contributed by atoms with Crippen molar-refractivity contribution >= 4 is 22.7 Å². The van der Waals surface area contributed by atoms with E-state index >= 15 is 0 Å². The number of anilines is 2. The van der Waals surface area contributed by atoms with Gasteiger partial charge in [-0.3, -0.25) is 9.69 Å². The van der Waals surface area contributed by atoms with Gasteiger partial charge in [0.1, 0.15) is 11.6 Å². The maximum Gasteiger partial charge on any atom is 0.258 e. The molecule has 0 saturated carbocycles. The van der Waals surface area contributed by atoms with Crippen molar-refractivity contribution in [2.45, 2.75) is 13.5 Å². The van der Waals surface area contributed by atoms with Crippen LogP contribution in [0.15, 0.2) is 35.1 Å². The van der Waals surface area contributed by atoms with Gasteiger partial charge in [-0.25, -0.2) is 9.97 Å². The predicted octanol–water partition coefficient (Wildman–Crippen LogP) is 1.39. The zero-order valence-electron chi connectivity index (χ0n) is 15.6. The second-order valence-corrected chi connectivity index (χ2v) is 6.73. The SMILES string of the molecule is CNc1nc(C)cc(N2CCN(Cc3nc4ccccc4c(=O)[nH]3)CC2)n1. The fourth-order valence-corrected chi connectivity index (χ4v) is 3.38. The minimum absolute atomic E-state index is 0.0784. The van der Waals surface area contributed by atoms with E-state index in [1.165, 1.54) is 0 Å². The maximum atomic E-state index is 12.2. The van der Waals surface area contributed by atoms with Crippen LogP contribution in [0.25, 0.3) is 10.9 Å². The fourth-order valence-electron chi connectivity index (χ4n) is 3.38. The number of rotatable bonds is 4. The van der Waals surface area contributed by atoms with Crippen LogP contribution in [-0.2, 0) is 6.54 Å². The number of hydrogen-bond acceptors (Lipinski definition) is 7. The first-order valence-electron chi connectivity index (χ1n) is 9.11. The van der Waals surface area contributed by atoms with Crippen LogP contribution in [0.1, 0.15) is 11.5 Å². The van der Waals surface area contributed by atoms with Gasteiger partial charge in [-0.2, -0.15) is 4.98 Å². The van der Waals surface area contributed by atoms with Gasteiger partial charge in [-0.1, -0.05) is 12.1 Å². The Labute approximate surface area is 157 Å². The molecule has 1 aliphatic rings. The molecule has 4 rings (SSSR count). The summed E-state index contributed by atoms with van der Waals surface area (Å²) < 4.78 is 0. The number of H-pyrrole nitrogens is 1. The zero-order valence-corrected chi connectivity index (χ0v) is 15.6. The molecule has 8 heteroatoms. The lowest BCUT2D eigenvalue weighted by Crippen LogP contribution is -2.46. The number of para-hydroxylation sites is 1. The largest absolute Gasteiger partial charge is 0.357 e. The molecule has 2 N–H and O–H groups in total. The molecule has 1 saturated heterocycles. The number of benzene rings is 1. The number of aromatic amines is 1. The molecule has 0 radical (unpaired) electrons. The summed E-state index contributed by atoms with van der Waals surface area (Å²) in [6, 6.07) is 9.45. The van der Waals surface area contributed by atoms with Crippen molar-refractivity contribution in [3.05, 3.63) is 52.2 Å². The third kappa shape index (κ3) is 3.75. The molecule has 0 spiro atoms. The smallest absolute Gasteiger partial charge is 0.258 e. The molecule has 3 heterocycles. The Balaban J connectivity index is 1.44. The quantitative estimate of drug-likeness (QED) is 0.722. The normalized spacial score (nSPS) is 15.3. The number of piperazine rings is 1. The molecule has 8 nitrogen and oxygen atoms in total. The topological polar surface area (TPSA) is 90.0 Å². The Morgan fingerprint density at radius 2 is 1.89 bits per heavy atom. The van der Waals surface area contributed by atoms with Gasteiger partial charge < -0.3 is 15.2 Å². The van der Waals surface area contributed by atoms with E-state index in [0.29, 0.717) is 23.7 Å². The molecule has 0 bridgehead atoms. The van der Waals surface area contributed by atoms with Crippen LogP contribution >= 0.6 is 0 Å². The van der Waals surface area contributed by atoms with Crippen LogP contribution in [0, 0.1) is 6.92 Å². The third-order valence-electron chi connectivity index (χ3n) is 4.80. The highest BCUT2D eigenvalue weighted by Crippen LogP contribution is 2.17. The highest BCUT2D eigenvalue weighted by molar-refractivity contribution is 5.77. The molecular weight excluding hydrogens is 342 g/mol. The van der Waals surface area contributed by atoms with Crippen molar-refractivity contribution in [3.63, 3.8) is 0 Å². The van der Waals surface area contributed by atoms with E-state index < -0.39 is 0 Å². The average Bonchev–Trinajstić information content (AvgIpc) is 2.68. The second kappa shape index (κ2) is 7.32. The number of hydrogen-bond donors (Lipinski definition) is 2. The van der Waals surface area contributed by atoms with Crippen molar-refractivity contribution in [1.82, 2.24) is 24.8 Å². The van der Waals surface area contributed by atoms with Crippen LogP contribution in [0.3, 0.4) is 0 Å². The molecule has 140 valence electrons. The van der Waals surface area contributed by atoms with Gasteiger partial charge in [0.25, 0.3) is 5.56 Å². The lowest BCUT2D eigenvalue weighted by Gasteiger charge is -2.35. The highest BCUT2D eigenvalue weighted by Gasteiger charge is 2.20. The van der Waals surface area contributed by atoms with E-state index in [9.17, 15) is 4.79 Å². The minimum Gasteiger partial charge on any atom is -0.357 e. The first-order chi connectivity index (χ1) is 13.1. The summed E-state index contributed by atoms with van der Waals surface area (Å²) in [5, 5.41) is 3.64. The summed E-state index contributed by atoms with van der Waals surface area (Å²) in [7, 11) is 1.83. The minimum atomic E-state index is -0.0784. The summed E-state index contributed by atoms with van der Waals surface area (Å²) >= 11 is 0. The predicted molar refractivity (Wildman–Crippen MR) is 106 cm³/mol. The van der Waals surface area contributed by atoms with Crippen LogP contribution in [0.4, 0.5) is 11.8 Å². The summed E-state index contributed by atoms with van der Waals surface area (Å²) in [4.78, 5) is 33.2. The molecule has 2 aromatic heterocycles. The van der Waals surface area contributed by atoms with Gasteiger partial charge in [-0.05, 0) is 19.1 Å². The second-order valence-electron chi connectivity index (χ2n) is 6.73. The molecule has 0 aliphatic carbocycles. The van der Waals surface area contributed by atoms with Gasteiger partial charge in [-0.15, -0.1) is 0 Å². The lowest BCUT2D eigenvalue weighted by molar-refractivity contribution is 0.243. The Kier molecular flexibility index (Phi) is 4.72. The molecule has 0 amide bonds. The van der Waals surface area contributed by atoms with Gasteiger partial charge in [0.05, 0.1) is 17.4 Å². The summed E-state index contributed by atoms with van der Waals surface area (Å²) in [6.07, 6.45) is 0. The van der Waals surface area contributed by atoms with Crippen molar-refractivity contribution in [2.24, 2.45) is 0 Å². The Morgan fingerprint density at radius 3 is 2.67 bits per heavy atom. The summed E-state index contributed by atoms with van der Waals surface area (Å²) in [6.45, 7) is 6.13. The molecule has 0 unspecified atom stereocenters. The number of aryl methyl sites for hydroxylation is 1. The Hall–Kier alpha value is -3.00. The van der Waals surface area contributed by atoms with Crippen molar-refractivity contribution in [2.75, 3.05) is 43.4 Å². The van der Waals surface area contributed by atoms with Gasteiger partial charge in [0.2, 0.25) is 5.95 Å². The first-order valence-corrected chi connectivity index (χ1v) is 9.11. The lowest BCUT2D eigenvalue weighted by atomic mass is 10.2. The molecule has 3 aromatic rings. The summed E-state index contributed by atoms with van der Waals surface area (Å²) in [5.41, 5.74) is 1.61.